The minimum absolute atomic E-state index is 0.0110. The lowest BCUT2D eigenvalue weighted by Gasteiger charge is -2.20. The second-order valence-corrected chi connectivity index (χ2v) is 7.90. The number of carbonyl (C=O) groups excluding carboxylic acids is 1. The minimum atomic E-state index is 0.0110. The molecule has 1 aliphatic rings. The molecule has 3 rings (SSSR count). The van der Waals surface area contributed by atoms with E-state index in [1.807, 2.05) is 76.4 Å². The Labute approximate surface area is 164 Å². The maximum atomic E-state index is 12.9. The number of amides is 1. The summed E-state index contributed by atoms with van der Waals surface area (Å²) in [6.07, 6.45) is 3.93. The molecule has 6 heteroatoms. The molecule has 0 aliphatic carbocycles. The van der Waals surface area contributed by atoms with Gasteiger partial charge in [-0.05, 0) is 81.9 Å². The third-order valence-corrected chi connectivity index (χ3v) is 5.13. The van der Waals surface area contributed by atoms with Gasteiger partial charge in [-0.25, -0.2) is 0 Å². The summed E-state index contributed by atoms with van der Waals surface area (Å²) < 4.78 is 7.28. The number of amidine groups is 1. The number of aliphatic imine (C=N–C) groups is 1. The molecule has 2 aromatic rings. The zero-order chi connectivity index (χ0) is 19.6. The predicted molar refractivity (Wildman–Crippen MR) is 112 cm³/mol. The van der Waals surface area contributed by atoms with Crippen molar-refractivity contribution in [3.8, 4) is 11.4 Å². The van der Waals surface area contributed by atoms with Gasteiger partial charge in [0.2, 0.25) is 0 Å². The maximum Gasteiger partial charge on any atom is 0.267 e. The molecule has 1 amide bonds. The number of thioether (sulfide) groups is 1. The van der Waals surface area contributed by atoms with E-state index in [9.17, 15) is 4.79 Å². The Balaban J connectivity index is 1.95. The van der Waals surface area contributed by atoms with Gasteiger partial charge in [-0.3, -0.25) is 14.7 Å². The second-order valence-electron chi connectivity index (χ2n) is 6.89. The van der Waals surface area contributed by atoms with E-state index in [1.54, 1.807) is 12.0 Å². The van der Waals surface area contributed by atoms with Crippen LogP contribution in [0.15, 0.2) is 52.5 Å². The first-order valence-electron chi connectivity index (χ1n) is 9.03. The molecule has 1 aliphatic heterocycles. The molecule has 1 aromatic carbocycles. The molecule has 27 heavy (non-hydrogen) atoms. The van der Waals surface area contributed by atoms with Crippen molar-refractivity contribution < 1.29 is 9.53 Å². The molecule has 1 saturated heterocycles. The molecule has 1 fully saturated rings. The highest BCUT2D eigenvalue weighted by Gasteiger charge is 2.35. The highest BCUT2D eigenvalue weighted by molar-refractivity contribution is 8.18. The van der Waals surface area contributed by atoms with Crippen molar-refractivity contribution in [2.45, 2.75) is 39.8 Å². The first-order valence-corrected chi connectivity index (χ1v) is 9.85. The monoisotopic (exact) mass is 383 g/mol. The van der Waals surface area contributed by atoms with E-state index in [-0.39, 0.29) is 18.0 Å². The second kappa shape index (κ2) is 8.05. The summed E-state index contributed by atoms with van der Waals surface area (Å²) >= 11 is 1.45. The van der Waals surface area contributed by atoms with Gasteiger partial charge in [0.15, 0.2) is 5.17 Å². The number of benzene rings is 1. The fraction of sp³-hybridized carbons (Fsp3) is 0.333. The number of carbonyl (C=O) groups is 1. The Kier molecular flexibility index (Phi) is 5.75. The molecule has 0 atom stereocenters. The Morgan fingerprint density at radius 3 is 2.41 bits per heavy atom. The van der Waals surface area contributed by atoms with Gasteiger partial charge in [0.25, 0.3) is 5.91 Å². The summed E-state index contributed by atoms with van der Waals surface area (Å²) in [5.74, 6) is 0.825. The van der Waals surface area contributed by atoms with E-state index in [4.69, 9.17) is 4.74 Å². The smallest absolute Gasteiger partial charge is 0.267 e. The molecule has 0 bridgehead atoms. The lowest BCUT2D eigenvalue weighted by molar-refractivity contribution is -0.123. The molecule has 0 spiro atoms. The normalized spacial score (nSPS) is 17.7. The molecule has 0 unspecified atom stereocenters. The van der Waals surface area contributed by atoms with Crippen LogP contribution in [0.5, 0.6) is 5.75 Å². The van der Waals surface area contributed by atoms with Gasteiger partial charge in [-0.1, -0.05) is 0 Å². The Hall–Kier alpha value is -2.47. The number of nitrogens with zero attached hydrogens (tertiary/aromatic N) is 3. The number of rotatable bonds is 5. The zero-order valence-electron chi connectivity index (χ0n) is 16.3. The molecular weight excluding hydrogens is 358 g/mol. The maximum absolute atomic E-state index is 12.9. The highest BCUT2D eigenvalue weighted by Crippen LogP contribution is 2.34. The largest absolute Gasteiger partial charge is 0.497 e. The Morgan fingerprint density at radius 2 is 1.81 bits per heavy atom. The lowest BCUT2D eigenvalue weighted by atomic mass is 10.2. The molecule has 142 valence electrons. The van der Waals surface area contributed by atoms with E-state index in [2.05, 4.69) is 9.56 Å². The first kappa shape index (κ1) is 19.3. The van der Waals surface area contributed by atoms with Gasteiger partial charge in [-0.15, -0.1) is 0 Å². The van der Waals surface area contributed by atoms with Crippen LogP contribution in [0.3, 0.4) is 0 Å². The average molecular weight is 384 g/mol. The number of ether oxygens (including phenoxy) is 1. The molecule has 0 saturated carbocycles. The van der Waals surface area contributed by atoms with E-state index >= 15 is 0 Å². The van der Waals surface area contributed by atoms with Crippen LogP contribution in [0.25, 0.3) is 11.8 Å². The molecule has 0 radical (unpaired) electrons. The third kappa shape index (κ3) is 4.11. The predicted octanol–water partition coefficient (Wildman–Crippen LogP) is 4.58. The van der Waals surface area contributed by atoms with Crippen LogP contribution in [0.4, 0.5) is 0 Å². The van der Waals surface area contributed by atoms with Gasteiger partial charge in [0.1, 0.15) is 5.75 Å². The van der Waals surface area contributed by atoms with Crippen LogP contribution in [-0.2, 0) is 4.79 Å². The fourth-order valence-corrected chi connectivity index (χ4v) is 4.09. The van der Waals surface area contributed by atoms with Crippen LogP contribution < -0.4 is 4.74 Å². The summed E-state index contributed by atoms with van der Waals surface area (Å²) in [7, 11) is 1.65. The van der Waals surface area contributed by atoms with Crippen molar-refractivity contribution in [3.63, 3.8) is 0 Å². The van der Waals surface area contributed by atoms with Crippen molar-refractivity contribution in [2.75, 3.05) is 7.11 Å². The summed E-state index contributed by atoms with van der Waals surface area (Å²) in [5.41, 5.74) is 1.96. The number of methoxy groups -OCH3 is 1. The summed E-state index contributed by atoms with van der Waals surface area (Å²) in [6.45, 7) is 8.06. The summed E-state index contributed by atoms with van der Waals surface area (Å²) in [4.78, 5) is 20.0. The SMILES string of the molecule is COc1ccc(-n2cccc2/C=C2/SC(=NC(C)C)N(C(C)C)C2=O)cc1. The van der Waals surface area contributed by atoms with E-state index in [0.717, 1.165) is 22.3 Å². The Morgan fingerprint density at radius 1 is 1.11 bits per heavy atom. The lowest BCUT2D eigenvalue weighted by Crippen LogP contribution is -2.35. The average Bonchev–Trinajstić information content (AvgIpc) is 3.19. The summed E-state index contributed by atoms with van der Waals surface area (Å²) in [5, 5.41) is 0.777. The summed E-state index contributed by atoms with van der Waals surface area (Å²) in [6, 6.07) is 12.0. The zero-order valence-corrected chi connectivity index (χ0v) is 17.2. The third-order valence-electron chi connectivity index (χ3n) is 4.13. The van der Waals surface area contributed by atoms with Crippen LogP contribution in [-0.4, -0.2) is 39.7 Å². The van der Waals surface area contributed by atoms with Crippen LogP contribution in [0, 0.1) is 0 Å². The highest BCUT2D eigenvalue weighted by atomic mass is 32.2. The molecule has 0 N–H and O–H groups in total. The van der Waals surface area contributed by atoms with Gasteiger partial charge in [-0.2, -0.15) is 0 Å². The van der Waals surface area contributed by atoms with Crippen LogP contribution in [0.1, 0.15) is 33.4 Å². The van der Waals surface area contributed by atoms with Crippen molar-refractivity contribution in [1.82, 2.24) is 9.47 Å². The molecule has 1 aromatic heterocycles. The van der Waals surface area contributed by atoms with Crippen LogP contribution >= 0.6 is 11.8 Å². The van der Waals surface area contributed by atoms with Crippen LogP contribution in [0.2, 0.25) is 0 Å². The molecule has 2 heterocycles. The number of aromatic nitrogens is 1. The Bertz CT molecular complexity index is 879. The number of hydrogen-bond donors (Lipinski definition) is 0. The quantitative estimate of drug-likeness (QED) is 0.710. The standard InChI is InChI=1S/C21H25N3O2S/c1-14(2)22-21-24(15(3)4)20(25)19(27-21)13-17-7-6-12-23(17)16-8-10-18(26-5)11-9-16/h6-15H,1-5H3/b19-13+,22-21?. The number of hydrogen-bond acceptors (Lipinski definition) is 4. The topological polar surface area (TPSA) is 46.8 Å². The van der Waals surface area contributed by atoms with Gasteiger partial charge < -0.3 is 9.30 Å². The molecular formula is C21H25N3O2S. The first-order chi connectivity index (χ1) is 12.9. The fourth-order valence-electron chi connectivity index (χ4n) is 2.88. The van der Waals surface area contributed by atoms with Gasteiger partial charge in [0.05, 0.1) is 12.0 Å². The molecule has 5 nitrogen and oxygen atoms in total. The minimum Gasteiger partial charge on any atom is -0.497 e. The van der Waals surface area contributed by atoms with Crippen molar-refractivity contribution >= 4 is 28.9 Å². The van der Waals surface area contributed by atoms with Crippen molar-refractivity contribution in [2.24, 2.45) is 4.99 Å². The van der Waals surface area contributed by atoms with Gasteiger partial charge in [0, 0.05) is 29.7 Å². The van der Waals surface area contributed by atoms with E-state index in [0.29, 0.717) is 4.91 Å². The van der Waals surface area contributed by atoms with E-state index in [1.165, 1.54) is 11.8 Å². The van der Waals surface area contributed by atoms with Gasteiger partial charge >= 0.3 is 0 Å². The van der Waals surface area contributed by atoms with E-state index < -0.39 is 0 Å². The van der Waals surface area contributed by atoms with Crippen molar-refractivity contribution in [3.05, 3.63) is 53.2 Å². The van der Waals surface area contributed by atoms with Crippen molar-refractivity contribution in [1.29, 1.82) is 0 Å².